The van der Waals surface area contributed by atoms with Crippen LogP contribution in [0, 0.1) is 0 Å². The molecule has 1 unspecified atom stereocenters. The number of aryl methyl sites for hydroxylation is 1. The molecule has 0 spiro atoms. The number of hydrogen-bond donors (Lipinski definition) is 1. The zero-order chi connectivity index (χ0) is 15.4. The Morgan fingerprint density at radius 1 is 1.48 bits per heavy atom. The van der Waals surface area contributed by atoms with E-state index in [0.29, 0.717) is 26.3 Å². The molecule has 1 aromatic heterocycles. The van der Waals surface area contributed by atoms with Gasteiger partial charge in [0, 0.05) is 18.0 Å². The molecule has 1 saturated heterocycles. The monoisotopic (exact) mass is 313 g/mol. The highest BCUT2D eigenvalue weighted by atomic mass is 32.1. The summed E-state index contributed by atoms with van der Waals surface area (Å²) in [6, 6.07) is 1.71. The molecule has 1 aliphatic rings. The van der Waals surface area contributed by atoms with Crippen molar-refractivity contribution >= 4 is 23.2 Å². The first-order valence-corrected chi connectivity index (χ1v) is 7.73. The first kappa shape index (κ1) is 15.8. The first-order chi connectivity index (χ1) is 10.0. The van der Waals surface area contributed by atoms with Gasteiger partial charge in [0.25, 0.3) is 5.91 Å². The average Bonchev–Trinajstić information content (AvgIpc) is 2.90. The summed E-state index contributed by atoms with van der Waals surface area (Å²) in [6.07, 6.45) is 0.0283. The lowest BCUT2D eigenvalue weighted by Gasteiger charge is -2.29. The molecule has 0 aliphatic carbocycles. The molecule has 6 nitrogen and oxygen atoms in total. The molecule has 2 rings (SSSR count). The van der Waals surface area contributed by atoms with Crippen molar-refractivity contribution in [3.63, 3.8) is 0 Å². The third kappa shape index (κ3) is 3.74. The molecule has 1 N–H and O–H groups in total. The van der Waals surface area contributed by atoms with Crippen LogP contribution in [-0.4, -0.2) is 54.3 Å². The third-order valence-corrected chi connectivity index (χ3v) is 4.51. The molecule has 1 aliphatic heterocycles. The van der Waals surface area contributed by atoms with Gasteiger partial charge in [-0.2, -0.15) is 0 Å². The van der Waals surface area contributed by atoms with Crippen LogP contribution in [-0.2, 0) is 16.0 Å². The fourth-order valence-electron chi connectivity index (χ4n) is 2.12. The highest BCUT2D eigenvalue weighted by Gasteiger charge is 2.26. The smallest absolute Gasteiger partial charge is 0.349 e. The molecule has 0 saturated carbocycles. The van der Waals surface area contributed by atoms with Crippen molar-refractivity contribution in [2.75, 3.05) is 26.3 Å². The van der Waals surface area contributed by atoms with E-state index >= 15 is 0 Å². The van der Waals surface area contributed by atoms with Gasteiger partial charge in [-0.25, -0.2) is 4.79 Å². The summed E-state index contributed by atoms with van der Waals surface area (Å²) in [7, 11) is 0. The number of nitrogens with zero attached hydrogens (tertiary/aromatic N) is 1. The van der Waals surface area contributed by atoms with Gasteiger partial charge < -0.3 is 19.5 Å². The molecule has 0 bridgehead atoms. The van der Waals surface area contributed by atoms with Gasteiger partial charge in [-0.05, 0) is 19.4 Å². The van der Waals surface area contributed by atoms with E-state index in [9.17, 15) is 14.7 Å². The number of carboxylic acid groups (broad SMARTS) is 1. The lowest BCUT2D eigenvalue weighted by atomic mass is 10.3. The van der Waals surface area contributed by atoms with Crippen molar-refractivity contribution in [3.05, 3.63) is 15.8 Å². The van der Waals surface area contributed by atoms with Gasteiger partial charge >= 0.3 is 5.97 Å². The second-order valence-corrected chi connectivity index (χ2v) is 5.90. The van der Waals surface area contributed by atoms with Crippen molar-refractivity contribution in [1.82, 2.24) is 4.90 Å². The van der Waals surface area contributed by atoms with Gasteiger partial charge in [-0.1, -0.05) is 6.92 Å². The number of carboxylic acids is 1. The molecular weight excluding hydrogens is 294 g/mol. The van der Waals surface area contributed by atoms with Gasteiger partial charge in [-0.3, -0.25) is 4.79 Å². The number of thiophene rings is 1. The Labute approximate surface area is 127 Å². The van der Waals surface area contributed by atoms with Crippen LogP contribution >= 0.6 is 11.3 Å². The number of carbonyl (C=O) groups is 2. The maximum Gasteiger partial charge on any atom is 0.349 e. The van der Waals surface area contributed by atoms with Crippen LogP contribution in [0.4, 0.5) is 0 Å². The summed E-state index contributed by atoms with van der Waals surface area (Å²) < 4.78 is 10.8. The Morgan fingerprint density at radius 2 is 2.14 bits per heavy atom. The van der Waals surface area contributed by atoms with Crippen molar-refractivity contribution in [2.24, 2.45) is 0 Å². The van der Waals surface area contributed by atoms with Crippen molar-refractivity contribution < 1.29 is 24.2 Å². The molecule has 0 aromatic carbocycles. The van der Waals surface area contributed by atoms with Crippen LogP contribution in [0.3, 0.4) is 0 Å². The molecule has 1 atom stereocenters. The maximum absolute atomic E-state index is 12.3. The number of hydrogen-bond acceptors (Lipinski definition) is 5. The summed E-state index contributed by atoms with van der Waals surface area (Å²) in [5.41, 5.74) is 0. The topological polar surface area (TPSA) is 76.1 Å². The summed E-state index contributed by atoms with van der Waals surface area (Å²) in [4.78, 5) is 26.2. The minimum Gasteiger partial charge on any atom is -0.479 e. The van der Waals surface area contributed by atoms with Crippen molar-refractivity contribution in [2.45, 2.75) is 26.4 Å². The summed E-state index contributed by atoms with van der Waals surface area (Å²) in [5.74, 6) is -0.891. The molecule has 116 valence electrons. The number of aromatic carboxylic acids is 1. The van der Waals surface area contributed by atoms with Gasteiger partial charge in [0.05, 0.1) is 13.2 Å². The molecule has 1 amide bonds. The van der Waals surface area contributed by atoms with Crippen LogP contribution in [0.1, 0.15) is 28.4 Å². The molecular formula is C14H19NO5S. The van der Waals surface area contributed by atoms with Crippen molar-refractivity contribution in [3.8, 4) is 5.75 Å². The van der Waals surface area contributed by atoms with Gasteiger partial charge in [0.2, 0.25) is 0 Å². The number of carbonyl (C=O) groups excluding carboxylic acids is 1. The van der Waals surface area contributed by atoms with Crippen LogP contribution in [0.5, 0.6) is 5.75 Å². The highest BCUT2D eigenvalue weighted by Crippen LogP contribution is 2.30. The Bertz CT molecular complexity index is 521. The van der Waals surface area contributed by atoms with E-state index in [1.807, 2.05) is 6.92 Å². The Hall–Kier alpha value is -1.60. The highest BCUT2D eigenvalue weighted by molar-refractivity contribution is 7.14. The average molecular weight is 313 g/mol. The number of ether oxygens (including phenoxy) is 2. The zero-order valence-corrected chi connectivity index (χ0v) is 12.9. The van der Waals surface area contributed by atoms with E-state index in [-0.39, 0.29) is 16.5 Å². The largest absolute Gasteiger partial charge is 0.479 e. The molecule has 7 heteroatoms. The van der Waals surface area contributed by atoms with E-state index < -0.39 is 12.1 Å². The number of rotatable bonds is 5. The first-order valence-electron chi connectivity index (χ1n) is 6.92. The van der Waals surface area contributed by atoms with Gasteiger partial charge in [0.15, 0.2) is 11.0 Å². The van der Waals surface area contributed by atoms with Crippen LogP contribution in [0.15, 0.2) is 6.07 Å². The lowest BCUT2D eigenvalue weighted by molar-refractivity contribution is -0.142. The Kier molecular flexibility index (Phi) is 5.19. The number of amides is 1. The predicted molar refractivity (Wildman–Crippen MR) is 78.1 cm³/mol. The molecule has 21 heavy (non-hydrogen) atoms. The predicted octanol–water partition coefficient (Wildman–Crippen LogP) is 1.63. The minimum absolute atomic E-state index is 0.140. The minimum atomic E-state index is -1.03. The summed E-state index contributed by atoms with van der Waals surface area (Å²) in [5, 5.41) is 9.19. The van der Waals surface area contributed by atoms with Crippen LogP contribution < -0.4 is 4.74 Å². The van der Waals surface area contributed by atoms with Gasteiger partial charge in [0.1, 0.15) is 5.75 Å². The van der Waals surface area contributed by atoms with E-state index in [0.717, 1.165) is 11.3 Å². The standard InChI is InChI=1S/C14H19NO5S/c1-3-10-8-11(12(21-10)14(17)18)20-9(2)13(16)15-4-6-19-7-5-15/h8-9H,3-7H2,1-2H3,(H,17,18). The second kappa shape index (κ2) is 6.91. The van der Waals surface area contributed by atoms with Crippen molar-refractivity contribution in [1.29, 1.82) is 0 Å². The van der Waals surface area contributed by atoms with E-state index in [1.165, 1.54) is 11.3 Å². The molecule has 1 fully saturated rings. The molecule has 0 radical (unpaired) electrons. The van der Waals surface area contributed by atoms with Gasteiger partial charge in [-0.15, -0.1) is 11.3 Å². The third-order valence-electron chi connectivity index (χ3n) is 3.27. The van der Waals surface area contributed by atoms with E-state index in [2.05, 4.69) is 0 Å². The second-order valence-electron chi connectivity index (χ2n) is 4.76. The van der Waals surface area contributed by atoms with E-state index in [4.69, 9.17) is 9.47 Å². The maximum atomic E-state index is 12.3. The fraction of sp³-hybridized carbons (Fsp3) is 0.571. The zero-order valence-electron chi connectivity index (χ0n) is 12.1. The van der Waals surface area contributed by atoms with Crippen LogP contribution in [0.2, 0.25) is 0 Å². The SMILES string of the molecule is CCc1cc(OC(C)C(=O)N2CCOCC2)c(C(=O)O)s1. The number of morpholine rings is 1. The lowest BCUT2D eigenvalue weighted by Crippen LogP contribution is -2.46. The quantitative estimate of drug-likeness (QED) is 0.894. The van der Waals surface area contributed by atoms with Crippen LogP contribution in [0.25, 0.3) is 0 Å². The normalized spacial score (nSPS) is 16.6. The Balaban J connectivity index is 2.07. The molecule has 1 aromatic rings. The van der Waals surface area contributed by atoms with E-state index in [1.54, 1.807) is 17.9 Å². The Morgan fingerprint density at radius 3 is 2.71 bits per heavy atom. The molecule has 2 heterocycles. The summed E-state index contributed by atoms with van der Waals surface area (Å²) in [6.45, 7) is 5.73. The summed E-state index contributed by atoms with van der Waals surface area (Å²) >= 11 is 1.19. The fourth-order valence-corrected chi connectivity index (χ4v) is 2.98.